The Hall–Kier alpha value is -4.04. The van der Waals surface area contributed by atoms with Crippen LogP contribution in [0.1, 0.15) is 31.9 Å². The van der Waals surface area contributed by atoms with Crippen molar-refractivity contribution in [3.05, 3.63) is 78.4 Å². The summed E-state index contributed by atoms with van der Waals surface area (Å²) in [6, 6.07) is 21.4. The summed E-state index contributed by atoms with van der Waals surface area (Å²) in [6.45, 7) is 4.98. The molecule has 2 amide bonds. The summed E-state index contributed by atoms with van der Waals surface area (Å²) in [5, 5.41) is 1.67. The number of imide groups is 1. The van der Waals surface area contributed by atoms with Crippen LogP contribution >= 0.6 is 0 Å². The van der Waals surface area contributed by atoms with Crippen molar-refractivity contribution in [1.82, 2.24) is 0 Å². The van der Waals surface area contributed by atoms with Crippen LogP contribution in [0.3, 0.4) is 0 Å². The van der Waals surface area contributed by atoms with Crippen LogP contribution in [0.25, 0.3) is 0 Å². The second-order valence-corrected chi connectivity index (χ2v) is 8.86. The maximum absolute atomic E-state index is 13.8. The average Bonchev–Trinajstić information content (AvgIpc) is 3.44. The lowest BCUT2D eigenvalue weighted by Gasteiger charge is -2.29. The summed E-state index contributed by atoms with van der Waals surface area (Å²) in [5.74, 6) is 0.425. The molecule has 2 fully saturated rings. The quantitative estimate of drug-likeness (QED) is 0.384. The zero-order valence-corrected chi connectivity index (χ0v) is 21.1. The third-order valence-electron chi connectivity index (χ3n) is 6.53. The topological polar surface area (TPSA) is 77.5 Å². The number of rotatable bonds is 9. The van der Waals surface area contributed by atoms with Gasteiger partial charge in [0, 0.05) is 0 Å². The molecule has 8 nitrogen and oxygen atoms in total. The van der Waals surface area contributed by atoms with Gasteiger partial charge in [0.15, 0.2) is 17.6 Å². The molecule has 0 spiro atoms. The van der Waals surface area contributed by atoms with Gasteiger partial charge in [-0.15, -0.1) is 0 Å². The standard InChI is InChI=1S/C29H30N2O6/c1-4-17-36-23-16-11-19(18-24(23)35-5-2)26-25-27(37-31(26)21-9-7-6-8-10-21)29(33)30(28(25)32)20-12-14-22(34-3)15-13-20/h6-16,18,25-27H,4-5,17H2,1-3H3/t25-,26+,27-/m1/s1. The lowest BCUT2D eigenvalue weighted by atomic mass is 9.90. The Balaban J connectivity index is 1.56. The average molecular weight is 503 g/mol. The van der Waals surface area contributed by atoms with Crippen molar-refractivity contribution in [2.24, 2.45) is 5.92 Å². The Bertz CT molecular complexity index is 1260. The Morgan fingerprint density at radius 3 is 2.27 bits per heavy atom. The highest BCUT2D eigenvalue weighted by atomic mass is 16.7. The van der Waals surface area contributed by atoms with Crippen molar-refractivity contribution in [3.63, 3.8) is 0 Å². The number of carbonyl (C=O) groups is 2. The van der Waals surface area contributed by atoms with Crippen LogP contribution in [-0.2, 0) is 14.4 Å². The fourth-order valence-corrected chi connectivity index (χ4v) is 4.85. The van der Waals surface area contributed by atoms with Crippen molar-refractivity contribution in [2.45, 2.75) is 32.4 Å². The van der Waals surface area contributed by atoms with E-state index in [9.17, 15) is 9.59 Å². The van der Waals surface area contributed by atoms with Gasteiger partial charge < -0.3 is 14.2 Å². The maximum Gasteiger partial charge on any atom is 0.266 e. The zero-order valence-electron chi connectivity index (χ0n) is 21.1. The summed E-state index contributed by atoms with van der Waals surface area (Å²) >= 11 is 0. The van der Waals surface area contributed by atoms with Gasteiger partial charge in [-0.25, -0.2) is 9.96 Å². The predicted octanol–water partition coefficient (Wildman–Crippen LogP) is 4.93. The fraction of sp³-hybridized carbons (Fsp3) is 0.310. The Morgan fingerprint density at radius 1 is 0.838 bits per heavy atom. The minimum Gasteiger partial charge on any atom is -0.497 e. The highest BCUT2D eigenvalue weighted by molar-refractivity contribution is 6.23. The molecule has 3 atom stereocenters. The zero-order chi connectivity index (χ0) is 25.9. The molecule has 2 saturated heterocycles. The maximum atomic E-state index is 13.8. The summed E-state index contributed by atoms with van der Waals surface area (Å²) in [6.07, 6.45) is -0.0843. The van der Waals surface area contributed by atoms with Gasteiger partial charge in [-0.05, 0) is 67.4 Å². The van der Waals surface area contributed by atoms with E-state index in [1.165, 1.54) is 4.90 Å². The Kier molecular flexibility index (Phi) is 7.01. The molecule has 3 aromatic rings. The molecule has 0 aliphatic carbocycles. The third kappa shape index (κ3) is 4.49. The fourth-order valence-electron chi connectivity index (χ4n) is 4.85. The highest BCUT2D eigenvalue weighted by Crippen LogP contribution is 2.48. The summed E-state index contributed by atoms with van der Waals surface area (Å²) in [4.78, 5) is 34.8. The molecule has 0 bridgehead atoms. The van der Waals surface area contributed by atoms with E-state index < -0.39 is 24.0 Å². The molecule has 0 aromatic heterocycles. The van der Waals surface area contributed by atoms with Gasteiger partial charge >= 0.3 is 0 Å². The molecule has 0 radical (unpaired) electrons. The second-order valence-electron chi connectivity index (χ2n) is 8.86. The van der Waals surface area contributed by atoms with Crippen LogP contribution in [0.2, 0.25) is 0 Å². The lowest BCUT2D eigenvalue weighted by Crippen LogP contribution is -2.37. The van der Waals surface area contributed by atoms with E-state index in [0.717, 1.165) is 17.7 Å². The normalized spacial score (nSPS) is 20.8. The van der Waals surface area contributed by atoms with Gasteiger partial charge in [0.25, 0.3) is 5.91 Å². The minimum atomic E-state index is -0.952. The number of hydrogen-bond donors (Lipinski definition) is 0. The molecule has 2 heterocycles. The number of benzene rings is 3. The van der Waals surface area contributed by atoms with Gasteiger partial charge in [-0.2, -0.15) is 0 Å². The smallest absolute Gasteiger partial charge is 0.266 e. The molecule has 37 heavy (non-hydrogen) atoms. The SMILES string of the molecule is CCCOc1ccc([C@H]2[C@H]3C(=O)N(c4ccc(OC)cc4)C(=O)[C@@H]3ON2c2ccccc2)cc1OCC. The van der Waals surface area contributed by atoms with E-state index in [0.29, 0.717) is 36.1 Å². The number of ether oxygens (including phenoxy) is 3. The Morgan fingerprint density at radius 2 is 1.59 bits per heavy atom. The number of nitrogens with zero attached hydrogens (tertiary/aromatic N) is 2. The number of anilines is 2. The first-order valence-corrected chi connectivity index (χ1v) is 12.5. The largest absolute Gasteiger partial charge is 0.497 e. The van der Waals surface area contributed by atoms with Crippen LogP contribution in [0.5, 0.6) is 17.2 Å². The van der Waals surface area contributed by atoms with Gasteiger partial charge in [0.2, 0.25) is 5.91 Å². The second kappa shape index (κ2) is 10.5. The molecule has 2 aliphatic rings. The van der Waals surface area contributed by atoms with Crippen LogP contribution < -0.4 is 24.2 Å². The number of amides is 2. The van der Waals surface area contributed by atoms with Crippen molar-refractivity contribution in [3.8, 4) is 17.2 Å². The molecule has 0 saturated carbocycles. The summed E-state index contributed by atoms with van der Waals surface area (Å²) < 4.78 is 17.0. The molecule has 8 heteroatoms. The number of carbonyl (C=O) groups excluding carboxylic acids is 2. The number of methoxy groups -OCH3 is 1. The Labute approximate surface area is 216 Å². The summed E-state index contributed by atoms with van der Waals surface area (Å²) in [7, 11) is 1.57. The monoisotopic (exact) mass is 502 g/mol. The van der Waals surface area contributed by atoms with E-state index in [1.54, 1.807) is 36.4 Å². The van der Waals surface area contributed by atoms with Crippen molar-refractivity contribution in [2.75, 3.05) is 30.3 Å². The molecule has 0 unspecified atom stereocenters. The van der Waals surface area contributed by atoms with Gasteiger partial charge in [0.05, 0.1) is 37.7 Å². The van der Waals surface area contributed by atoms with E-state index in [4.69, 9.17) is 19.0 Å². The first kappa shape index (κ1) is 24.6. The van der Waals surface area contributed by atoms with Crippen LogP contribution in [0.4, 0.5) is 11.4 Å². The molecule has 192 valence electrons. The number of para-hydroxylation sites is 1. The van der Waals surface area contributed by atoms with Gasteiger partial charge in [0.1, 0.15) is 11.7 Å². The minimum absolute atomic E-state index is 0.312. The van der Waals surface area contributed by atoms with Crippen molar-refractivity contribution >= 4 is 23.2 Å². The van der Waals surface area contributed by atoms with Crippen molar-refractivity contribution < 1.29 is 28.6 Å². The molecular formula is C29H30N2O6. The van der Waals surface area contributed by atoms with Crippen LogP contribution in [-0.4, -0.2) is 38.2 Å². The van der Waals surface area contributed by atoms with Gasteiger partial charge in [-0.1, -0.05) is 31.2 Å². The molecule has 3 aromatic carbocycles. The van der Waals surface area contributed by atoms with E-state index in [1.807, 2.05) is 62.4 Å². The molecule has 0 N–H and O–H groups in total. The first-order valence-electron chi connectivity index (χ1n) is 12.5. The predicted molar refractivity (Wildman–Crippen MR) is 139 cm³/mol. The van der Waals surface area contributed by atoms with Gasteiger partial charge in [-0.3, -0.25) is 14.4 Å². The third-order valence-corrected chi connectivity index (χ3v) is 6.53. The highest BCUT2D eigenvalue weighted by Gasteiger charge is 2.60. The first-order chi connectivity index (χ1) is 18.1. The lowest BCUT2D eigenvalue weighted by molar-refractivity contribution is -0.126. The number of hydroxylamine groups is 1. The van der Waals surface area contributed by atoms with Crippen molar-refractivity contribution in [1.29, 1.82) is 0 Å². The van der Waals surface area contributed by atoms with E-state index >= 15 is 0 Å². The van der Waals surface area contributed by atoms with E-state index in [2.05, 4.69) is 0 Å². The van der Waals surface area contributed by atoms with Crippen LogP contribution in [0.15, 0.2) is 72.8 Å². The van der Waals surface area contributed by atoms with E-state index in [-0.39, 0.29) is 5.91 Å². The number of hydrogen-bond acceptors (Lipinski definition) is 7. The van der Waals surface area contributed by atoms with Crippen LogP contribution in [0, 0.1) is 5.92 Å². The molecule has 5 rings (SSSR count). The number of fused-ring (bicyclic) bond motifs is 1. The summed E-state index contributed by atoms with van der Waals surface area (Å²) in [5.41, 5.74) is 2.03. The molecular weight excluding hydrogens is 472 g/mol. The molecule has 2 aliphatic heterocycles.